The molecule has 0 radical (unpaired) electrons. The summed E-state index contributed by atoms with van der Waals surface area (Å²) in [6.45, 7) is 5.34. The molecule has 0 saturated carbocycles. The van der Waals surface area contributed by atoms with Gasteiger partial charge in [0.15, 0.2) is 5.11 Å². The van der Waals surface area contributed by atoms with Crippen LogP contribution in [0, 0.1) is 13.8 Å². The van der Waals surface area contributed by atoms with Crippen LogP contribution in [0.5, 0.6) is 0 Å². The molecule has 4 N–H and O–H groups in total. The summed E-state index contributed by atoms with van der Waals surface area (Å²) >= 11 is 4.64. The predicted octanol–water partition coefficient (Wildman–Crippen LogP) is 1.43. The van der Waals surface area contributed by atoms with Crippen LogP contribution >= 0.6 is 12.2 Å². The molecular weight excluding hydrogens is 248 g/mol. The number of nitrogens with zero attached hydrogens (tertiary/aromatic N) is 1. The molecule has 18 heavy (non-hydrogen) atoms. The van der Waals surface area contributed by atoms with Crippen LogP contribution in [0.25, 0.3) is 0 Å². The molecular formula is C12H16N4OS. The molecule has 0 bridgehead atoms. The highest BCUT2D eigenvalue weighted by molar-refractivity contribution is 7.80. The number of anilines is 1. The fraction of sp³-hybridized carbons (Fsp3) is 0.250. The summed E-state index contributed by atoms with van der Waals surface area (Å²) in [5.74, 6) is -0.0888. The molecule has 6 heteroatoms. The van der Waals surface area contributed by atoms with Crippen molar-refractivity contribution in [2.45, 2.75) is 20.8 Å². The second-order valence-electron chi connectivity index (χ2n) is 3.94. The first kappa shape index (κ1) is 14.1. The van der Waals surface area contributed by atoms with Crippen molar-refractivity contribution in [3.8, 4) is 0 Å². The van der Waals surface area contributed by atoms with E-state index in [-0.39, 0.29) is 11.0 Å². The lowest BCUT2D eigenvalue weighted by atomic mass is 10.0. The number of rotatable bonds is 3. The van der Waals surface area contributed by atoms with Gasteiger partial charge in [-0.25, -0.2) is 0 Å². The standard InChI is InChI=1S/C12H16N4OS/c1-7-5-11(15-9(3)17)8(2)4-10(7)6-14-16-12(13)18/h4-6H,1-3H3,(H,15,17)(H3,13,16,18)/b14-6+. The van der Waals surface area contributed by atoms with Gasteiger partial charge in [0.05, 0.1) is 6.21 Å². The molecule has 0 aliphatic rings. The third-order valence-corrected chi connectivity index (χ3v) is 2.39. The summed E-state index contributed by atoms with van der Waals surface area (Å²) in [4.78, 5) is 11.0. The quantitative estimate of drug-likeness (QED) is 0.438. The number of hydrogen-bond donors (Lipinski definition) is 3. The van der Waals surface area contributed by atoms with Gasteiger partial charge in [-0.3, -0.25) is 10.2 Å². The fourth-order valence-electron chi connectivity index (χ4n) is 1.47. The largest absolute Gasteiger partial charge is 0.375 e. The molecule has 0 fully saturated rings. The molecule has 0 heterocycles. The van der Waals surface area contributed by atoms with Gasteiger partial charge >= 0.3 is 0 Å². The van der Waals surface area contributed by atoms with Crippen LogP contribution in [0.2, 0.25) is 0 Å². The van der Waals surface area contributed by atoms with E-state index in [1.165, 1.54) is 6.92 Å². The van der Waals surface area contributed by atoms with Crippen LogP contribution in [-0.2, 0) is 4.79 Å². The zero-order chi connectivity index (χ0) is 13.7. The Kier molecular flexibility index (Phi) is 4.79. The summed E-state index contributed by atoms with van der Waals surface area (Å²) in [5, 5.41) is 6.80. The summed E-state index contributed by atoms with van der Waals surface area (Å²) in [7, 11) is 0. The Bertz CT molecular complexity index is 511. The van der Waals surface area contributed by atoms with Crippen molar-refractivity contribution in [1.29, 1.82) is 0 Å². The molecule has 5 nitrogen and oxygen atoms in total. The van der Waals surface area contributed by atoms with Gasteiger partial charge in [-0.1, -0.05) is 0 Å². The molecule has 0 aromatic heterocycles. The Morgan fingerprint density at radius 3 is 2.61 bits per heavy atom. The summed E-state index contributed by atoms with van der Waals surface area (Å²) < 4.78 is 0. The highest BCUT2D eigenvalue weighted by Gasteiger charge is 2.04. The maximum Gasteiger partial charge on any atom is 0.221 e. The van der Waals surface area contributed by atoms with Crippen molar-refractivity contribution in [2.24, 2.45) is 10.8 Å². The van der Waals surface area contributed by atoms with Crippen LogP contribution in [0.4, 0.5) is 5.69 Å². The highest BCUT2D eigenvalue weighted by atomic mass is 32.1. The van der Waals surface area contributed by atoms with Crippen molar-refractivity contribution in [3.05, 3.63) is 28.8 Å². The Balaban J connectivity index is 2.96. The van der Waals surface area contributed by atoms with Crippen molar-refractivity contribution >= 4 is 35.1 Å². The van der Waals surface area contributed by atoms with E-state index in [9.17, 15) is 4.79 Å². The number of hydrogen-bond acceptors (Lipinski definition) is 3. The molecule has 96 valence electrons. The number of nitrogens with one attached hydrogen (secondary N) is 2. The van der Waals surface area contributed by atoms with E-state index >= 15 is 0 Å². The normalized spacial score (nSPS) is 10.4. The third-order valence-electron chi connectivity index (χ3n) is 2.30. The van der Waals surface area contributed by atoms with Crippen molar-refractivity contribution < 1.29 is 4.79 Å². The van der Waals surface area contributed by atoms with Gasteiger partial charge in [-0.2, -0.15) is 5.10 Å². The monoisotopic (exact) mass is 264 g/mol. The summed E-state index contributed by atoms with van der Waals surface area (Å²) in [6, 6.07) is 3.84. The third kappa shape index (κ3) is 4.14. The lowest BCUT2D eigenvalue weighted by Crippen LogP contribution is -2.24. The second kappa shape index (κ2) is 6.11. The highest BCUT2D eigenvalue weighted by Crippen LogP contribution is 2.19. The number of thiocarbonyl (C=S) groups is 1. The van der Waals surface area contributed by atoms with E-state index in [2.05, 4.69) is 28.1 Å². The minimum absolute atomic E-state index is 0.0888. The molecule has 0 aliphatic heterocycles. The van der Waals surface area contributed by atoms with Crippen LogP contribution in [0.1, 0.15) is 23.6 Å². The first-order chi connectivity index (χ1) is 8.40. The Labute approximate surface area is 111 Å². The average molecular weight is 264 g/mol. The lowest BCUT2D eigenvalue weighted by molar-refractivity contribution is -0.114. The average Bonchev–Trinajstić information content (AvgIpc) is 2.23. The first-order valence-corrected chi connectivity index (χ1v) is 5.78. The zero-order valence-corrected chi connectivity index (χ0v) is 11.4. The Hall–Kier alpha value is -1.95. The molecule has 0 saturated heterocycles. The molecule has 0 aliphatic carbocycles. The molecule has 0 spiro atoms. The van der Waals surface area contributed by atoms with Crippen molar-refractivity contribution in [1.82, 2.24) is 5.43 Å². The number of aryl methyl sites for hydroxylation is 2. The smallest absolute Gasteiger partial charge is 0.221 e. The van der Waals surface area contributed by atoms with Crippen LogP contribution < -0.4 is 16.5 Å². The number of carbonyl (C=O) groups excluding carboxylic acids is 1. The zero-order valence-electron chi connectivity index (χ0n) is 10.6. The van der Waals surface area contributed by atoms with E-state index in [0.717, 1.165) is 22.4 Å². The van der Waals surface area contributed by atoms with Gasteiger partial charge in [-0.15, -0.1) is 0 Å². The van der Waals surface area contributed by atoms with E-state index in [1.54, 1.807) is 6.21 Å². The van der Waals surface area contributed by atoms with Gasteiger partial charge in [0, 0.05) is 12.6 Å². The van der Waals surface area contributed by atoms with Crippen LogP contribution in [-0.4, -0.2) is 17.2 Å². The van der Waals surface area contributed by atoms with Crippen molar-refractivity contribution in [3.63, 3.8) is 0 Å². The number of carbonyl (C=O) groups is 1. The molecule has 0 atom stereocenters. The number of benzene rings is 1. The number of amides is 1. The van der Waals surface area contributed by atoms with Gasteiger partial charge in [0.1, 0.15) is 0 Å². The molecule has 1 rings (SSSR count). The molecule has 1 aromatic rings. The second-order valence-corrected chi connectivity index (χ2v) is 4.38. The maximum atomic E-state index is 11.0. The van der Waals surface area contributed by atoms with E-state index < -0.39 is 0 Å². The van der Waals surface area contributed by atoms with E-state index in [0.29, 0.717) is 0 Å². The molecule has 0 unspecified atom stereocenters. The Morgan fingerprint density at radius 2 is 2.06 bits per heavy atom. The fourth-order valence-corrected chi connectivity index (χ4v) is 1.52. The van der Waals surface area contributed by atoms with Gasteiger partial charge in [-0.05, 0) is 54.9 Å². The first-order valence-electron chi connectivity index (χ1n) is 5.37. The minimum Gasteiger partial charge on any atom is -0.375 e. The maximum absolute atomic E-state index is 11.0. The van der Waals surface area contributed by atoms with E-state index in [4.69, 9.17) is 5.73 Å². The SMILES string of the molecule is CC(=O)Nc1cc(C)c(/C=N/NC(N)=S)cc1C. The summed E-state index contributed by atoms with van der Waals surface area (Å²) in [6.07, 6.45) is 1.64. The molecule has 1 aromatic carbocycles. The molecule has 1 amide bonds. The Morgan fingerprint density at radius 1 is 1.39 bits per heavy atom. The van der Waals surface area contributed by atoms with E-state index in [1.807, 2.05) is 26.0 Å². The van der Waals surface area contributed by atoms with Crippen LogP contribution in [0.15, 0.2) is 17.2 Å². The number of nitrogens with two attached hydrogens (primary N) is 1. The topological polar surface area (TPSA) is 79.5 Å². The van der Waals surface area contributed by atoms with Gasteiger partial charge in [0.25, 0.3) is 0 Å². The summed E-state index contributed by atoms with van der Waals surface area (Å²) in [5.41, 5.74) is 11.5. The number of hydrazone groups is 1. The van der Waals surface area contributed by atoms with Crippen molar-refractivity contribution in [2.75, 3.05) is 5.32 Å². The lowest BCUT2D eigenvalue weighted by Gasteiger charge is -2.10. The minimum atomic E-state index is -0.0888. The van der Waals surface area contributed by atoms with Crippen LogP contribution in [0.3, 0.4) is 0 Å². The predicted molar refractivity (Wildman–Crippen MR) is 77.7 cm³/mol. The van der Waals surface area contributed by atoms with Gasteiger partial charge in [0.2, 0.25) is 5.91 Å². The van der Waals surface area contributed by atoms with Gasteiger partial charge < -0.3 is 11.1 Å².